The Morgan fingerprint density at radius 1 is 1.22 bits per heavy atom. The van der Waals surface area contributed by atoms with Crippen molar-refractivity contribution in [3.8, 4) is 5.75 Å². The third-order valence-corrected chi connectivity index (χ3v) is 3.83. The summed E-state index contributed by atoms with van der Waals surface area (Å²) in [6.07, 6.45) is 7.76. The number of hydrogen-bond donors (Lipinski definition) is 2. The Kier molecular flexibility index (Phi) is 6.66. The van der Waals surface area contributed by atoms with Crippen molar-refractivity contribution >= 4 is 17.5 Å². The molecule has 23 heavy (non-hydrogen) atoms. The Bertz CT molecular complexity index is 581. The topological polar surface area (TPSA) is 67.4 Å². The normalized spacial score (nSPS) is 13.9. The van der Waals surface area contributed by atoms with Crippen LogP contribution in [0.3, 0.4) is 0 Å². The lowest BCUT2D eigenvalue weighted by Gasteiger charge is -2.13. The molecule has 1 aliphatic carbocycles. The Balaban J connectivity index is 1.69. The Morgan fingerprint density at radius 2 is 2.09 bits per heavy atom. The van der Waals surface area contributed by atoms with Crippen molar-refractivity contribution < 1.29 is 14.3 Å². The van der Waals surface area contributed by atoms with Gasteiger partial charge in [0.05, 0.1) is 7.11 Å². The zero-order valence-corrected chi connectivity index (χ0v) is 13.6. The van der Waals surface area contributed by atoms with Crippen molar-refractivity contribution in [2.75, 3.05) is 19.0 Å². The molecule has 0 heterocycles. The number of ether oxygens (including phenoxy) is 1. The molecule has 2 rings (SSSR count). The number of anilines is 1. The molecule has 0 aromatic heterocycles. The van der Waals surface area contributed by atoms with Crippen LogP contribution in [0.25, 0.3) is 0 Å². The lowest BCUT2D eigenvalue weighted by Crippen LogP contribution is -2.29. The van der Waals surface area contributed by atoms with Crippen LogP contribution in [-0.2, 0) is 9.59 Å². The SMILES string of the molecule is COc1cccc(NC(=O)CC(=O)NCCC2=CCCCC2)c1. The predicted octanol–water partition coefficient (Wildman–Crippen LogP) is 3.03. The molecule has 0 saturated heterocycles. The smallest absolute Gasteiger partial charge is 0.233 e. The zero-order chi connectivity index (χ0) is 16.5. The maximum atomic E-state index is 11.9. The molecule has 1 aromatic carbocycles. The predicted molar refractivity (Wildman–Crippen MR) is 90.4 cm³/mol. The van der Waals surface area contributed by atoms with Crippen LogP contribution in [-0.4, -0.2) is 25.5 Å². The minimum absolute atomic E-state index is 0.170. The molecule has 0 aliphatic heterocycles. The Labute approximate surface area is 137 Å². The van der Waals surface area contributed by atoms with E-state index in [1.165, 1.54) is 18.4 Å². The van der Waals surface area contributed by atoms with E-state index in [0.29, 0.717) is 18.0 Å². The minimum atomic E-state index is -0.326. The number of nitrogens with one attached hydrogen (secondary N) is 2. The average molecular weight is 316 g/mol. The maximum absolute atomic E-state index is 11.9. The highest BCUT2D eigenvalue weighted by molar-refractivity contribution is 6.03. The van der Waals surface area contributed by atoms with Crippen molar-refractivity contribution in [3.63, 3.8) is 0 Å². The molecule has 1 aliphatic rings. The van der Waals surface area contributed by atoms with Crippen LogP contribution >= 0.6 is 0 Å². The molecule has 5 heteroatoms. The van der Waals surface area contributed by atoms with E-state index in [1.54, 1.807) is 31.4 Å². The van der Waals surface area contributed by atoms with E-state index in [0.717, 1.165) is 19.3 Å². The fourth-order valence-electron chi connectivity index (χ4n) is 2.61. The van der Waals surface area contributed by atoms with E-state index in [-0.39, 0.29) is 18.2 Å². The maximum Gasteiger partial charge on any atom is 0.233 e. The lowest BCUT2D eigenvalue weighted by atomic mass is 9.97. The van der Waals surface area contributed by atoms with Crippen LogP contribution in [0.2, 0.25) is 0 Å². The first-order valence-corrected chi connectivity index (χ1v) is 8.06. The van der Waals surface area contributed by atoms with Crippen molar-refractivity contribution in [2.45, 2.75) is 38.5 Å². The zero-order valence-electron chi connectivity index (χ0n) is 13.6. The van der Waals surface area contributed by atoms with Gasteiger partial charge in [0, 0.05) is 18.3 Å². The van der Waals surface area contributed by atoms with Gasteiger partial charge in [0.2, 0.25) is 11.8 Å². The van der Waals surface area contributed by atoms with Gasteiger partial charge in [-0.15, -0.1) is 0 Å². The van der Waals surface area contributed by atoms with Crippen LogP contribution in [0.15, 0.2) is 35.9 Å². The van der Waals surface area contributed by atoms with Crippen molar-refractivity contribution in [1.29, 1.82) is 0 Å². The van der Waals surface area contributed by atoms with Gasteiger partial charge in [0.1, 0.15) is 12.2 Å². The lowest BCUT2D eigenvalue weighted by molar-refractivity contribution is -0.126. The first kappa shape index (κ1) is 17.1. The van der Waals surface area contributed by atoms with Crippen LogP contribution in [0.1, 0.15) is 38.5 Å². The summed E-state index contributed by atoms with van der Waals surface area (Å²) in [4.78, 5) is 23.7. The fraction of sp³-hybridized carbons (Fsp3) is 0.444. The number of hydrogen-bond acceptors (Lipinski definition) is 3. The third kappa shape index (κ3) is 6.14. The molecule has 0 radical (unpaired) electrons. The molecule has 0 bridgehead atoms. The summed E-state index contributed by atoms with van der Waals surface area (Å²) in [5.74, 6) is 0.0856. The van der Waals surface area contributed by atoms with Crippen LogP contribution in [0, 0.1) is 0 Å². The van der Waals surface area contributed by atoms with Crippen molar-refractivity contribution in [1.82, 2.24) is 5.32 Å². The van der Waals surface area contributed by atoms with Crippen LogP contribution in [0.4, 0.5) is 5.69 Å². The molecule has 2 N–H and O–H groups in total. The average Bonchev–Trinajstić information content (AvgIpc) is 2.56. The van der Waals surface area contributed by atoms with Crippen molar-refractivity contribution in [3.05, 3.63) is 35.9 Å². The van der Waals surface area contributed by atoms with Gasteiger partial charge in [-0.2, -0.15) is 0 Å². The highest BCUT2D eigenvalue weighted by atomic mass is 16.5. The van der Waals surface area contributed by atoms with Crippen molar-refractivity contribution in [2.24, 2.45) is 0 Å². The largest absolute Gasteiger partial charge is 0.497 e. The fourth-order valence-corrected chi connectivity index (χ4v) is 2.61. The number of methoxy groups -OCH3 is 1. The first-order chi connectivity index (χ1) is 11.2. The van der Waals surface area contributed by atoms with E-state index in [1.807, 2.05) is 0 Å². The second kappa shape index (κ2) is 8.98. The summed E-state index contributed by atoms with van der Waals surface area (Å²) >= 11 is 0. The molecule has 124 valence electrons. The molecular formula is C18H24N2O3. The van der Waals surface area contributed by atoms with Gasteiger partial charge < -0.3 is 15.4 Å². The number of amides is 2. The highest BCUT2D eigenvalue weighted by Crippen LogP contribution is 2.19. The monoisotopic (exact) mass is 316 g/mol. The molecule has 0 spiro atoms. The number of rotatable bonds is 7. The number of carbonyl (C=O) groups excluding carboxylic acids is 2. The summed E-state index contributed by atoms with van der Waals surface area (Å²) < 4.78 is 5.09. The summed E-state index contributed by atoms with van der Waals surface area (Å²) in [5.41, 5.74) is 2.03. The second-order valence-corrected chi connectivity index (χ2v) is 5.67. The minimum Gasteiger partial charge on any atom is -0.497 e. The number of benzene rings is 1. The van der Waals surface area contributed by atoms with Gasteiger partial charge >= 0.3 is 0 Å². The van der Waals surface area contributed by atoms with Gasteiger partial charge in [-0.1, -0.05) is 17.7 Å². The number of carbonyl (C=O) groups is 2. The van der Waals surface area contributed by atoms with Gasteiger partial charge in [-0.3, -0.25) is 9.59 Å². The van der Waals surface area contributed by atoms with Gasteiger partial charge in [-0.25, -0.2) is 0 Å². The molecular weight excluding hydrogens is 292 g/mol. The first-order valence-electron chi connectivity index (χ1n) is 8.06. The van der Waals surface area contributed by atoms with E-state index in [4.69, 9.17) is 4.74 Å². The summed E-state index contributed by atoms with van der Waals surface area (Å²) in [5, 5.41) is 5.50. The van der Waals surface area contributed by atoms with Gasteiger partial charge in [0.25, 0.3) is 0 Å². The summed E-state index contributed by atoms with van der Waals surface area (Å²) in [6, 6.07) is 7.05. The van der Waals surface area contributed by atoms with Crippen LogP contribution in [0.5, 0.6) is 5.75 Å². The highest BCUT2D eigenvalue weighted by Gasteiger charge is 2.10. The second-order valence-electron chi connectivity index (χ2n) is 5.67. The van der Waals surface area contributed by atoms with Gasteiger partial charge in [-0.05, 0) is 44.2 Å². The quantitative estimate of drug-likeness (QED) is 0.600. The van der Waals surface area contributed by atoms with E-state index < -0.39 is 0 Å². The number of allylic oxidation sites excluding steroid dienone is 1. The van der Waals surface area contributed by atoms with E-state index in [2.05, 4.69) is 16.7 Å². The van der Waals surface area contributed by atoms with E-state index >= 15 is 0 Å². The molecule has 0 atom stereocenters. The van der Waals surface area contributed by atoms with E-state index in [9.17, 15) is 9.59 Å². The summed E-state index contributed by atoms with van der Waals surface area (Å²) in [7, 11) is 1.57. The Morgan fingerprint density at radius 3 is 2.83 bits per heavy atom. The molecule has 0 fully saturated rings. The third-order valence-electron chi connectivity index (χ3n) is 3.83. The molecule has 0 saturated carbocycles. The standard InChI is InChI=1S/C18H24N2O3/c1-23-16-9-5-8-15(12-16)20-18(22)13-17(21)19-11-10-14-6-3-2-4-7-14/h5-6,8-9,12H,2-4,7,10-11,13H2,1H3,(H,19,21)(H,20,22). The van der Waals surface area contributed by atoms with Gasteiger partial charge in [0.15, 0.2) is 0 Å². The Hall–Kier alpha value is -2.30. The summed E-state index contributed by atoms with van der Waals surface area (Å²) in [6.45, 7) is 0.594. The molecule has 0 unspecified atom stereocenters. The molecule has 1 aromatic rings. The molecule has 5 nitrogen and oxygen atoms in total. The molecule has 2 amide bonds. The van der Waals surface area contributed by atoms with Crippen LogP contribution < -0.4 is 15.4 Å².